The van der Waals surface area contributed by atoms with Gasteiger partial charge in [-0.1, -0.05) is 23.7 Å². The van der Waals surface area contributed by atoms with E-state index in [-0.39, 0.29) is 16.6 Å². The van der Waals surface area contributed by atoms with Gasteiger partial charge < -0.3 is 10.3 Å². The first kappa shape index (κ1) is 14.6. The second-order valence-electron chi connectivity index (χ2n) is 4.62. The van der Waals surface area contributed by atoms with Crippen LogP contribution in [0.15, 0.2) is 24.3 Å². The Labute approximate surface area is 127 Å². The van der Waals surface area contributed by atoms with Crippen LogP contribution in [0, 0.1) is 0 Å². The molecule has 5 nitrogen and oxygen atoms in total. The summed E-state index contributed by atoms with van der Waals surface area (Å²) in [4.78, 5) is 12.0. The first-order chi connectivity index (χ1) is 10.3. The Hall–Kier alpha value is -2.35. The van der Waals surface area contributed by atoms with E-state index in [1.54, 1.807) is 7.05 Å². The summed E-state index contributed by atoms with van der Waals surface area (Å²) in [6.45, 7) is 0. The molecular formula is C13H9ClF3N5. The number of hydrogen-bond donors (Lipinski definition) is 1. The van der Waals surface area contributed by atoms with Gasteiger partial charge in [0.2, 0.25) is 5.95 Å². The average molecular weight is 328 g/mol. The number of rotatable bonds is 1. The van der Waals surface area contributed by atoms with Gasteiger partial charge in [-0.05, 0) is 12.1 Å². The molecule has 0 aliphatic carbocycles. The number of aryl methyl sites for hydroxylation is 1. The molecule has 0 aliphatic rings. The van der Waals surface area contributed by atoms with Crippen molar-refractivity contribution < 1.29 is 13.2 Å². The lowest BCUT2D eigenvalue weighted by atomic mass is 10.1. The van der Waals surface area contributed by atoms with E-state index < -0.39 is 11.7 Å². The zero-order valence-electron chi connectivity index (χ0n) is 11.2. The molecule has 0 saturated carbocycles. The molecule has 0 atom stereocenters. The number of hydrogen-bond acceptors (Lipinski definition) is 4. The summed E-state index contributed by atoms with van der Waals surface area (Å²) in [7, 11) is 1.62. The third-order valence-electron chi connectivity index (χ3n) is 3.14. The number of alkyl halides is 3. The highest BCUT2D eigenvalue weighted by atomic mass is 35.5. The molecule has 3 rings (SSSR count). The number of anilines is 1. The van der Waals surface area contributed by atoms with Crippen LogP contribution in [0.25, 0.3) is 22.6 Å². The minimum Gasteiger partial charge on any atom is -0.368 e. The molecule has 22 heavy (non-hydrogen) atoms. The SMILES string of the molecule is Cn1c(-c2cccc(C(F)(F)F)c2)nc2c(Cl)nc(N)nc21. The second-order valence-corrected chi connectivity index (χ2v) is 4.98. The van der Waals surface area contributed by atoms with Crippen LogP contribution in [-0.4, -0.2) is 19.5 Å². The molecule has 1 aromatic carbocycles. The topological polar surface area (TPSA) is 69.6 Å². The number of aromatic nitrogens is 4. The van der Waals surface area contributed by atoms with Crippen molar-refractivity contribution in [1.82, 2.24) is 19.5 Å². The first-order valence-electron chi connectivity index (χ1n) is 6.10. The zero-order chi connectivity index (χ0) is 16.1. The number of imidazole rings is 1. The van der Waals surface area contributed by atoms with Crippen LogP contribution in [0.5, 0.6) is 0 Å². The predicted molar refractivity (Wildman–Crippen MR) is 76.2 cm³/mol. The maximum Gasteiger partial charge on any atom is 0.416 e. The molecule has 2 aromatic heterocycles. The van der Waals surface area contributed by atoms with Crippen molar-refractivity contribution in [3.8, 4) is 11.4 Å². The number of nitrogens with two attached hydrogens (primary N) is 1. The van der Waals surface area contributed by atoms with Gasteiger partial charge in [0, 0.05) is 12.6 Å². The van der Waals surface area contributed by atoms with Crippen LogP contribution in [-0.2, 0) is 13.2 Å². The third-order valence-corrected chi connectivity index (χ3v) is 3.41. The molecule has 0 radical (unpaired) electrons. The van der Waals surface area contributed by atoms with E-state index in [0.717, 1.165) is 12.1 Å². The lowest BCUT2D eigenvalue weighted by Gasteiger charge is -2.08. The highest BCUT2D eigenvalue weighted by molar-refractivity contribution is 6.33. The van der Waals surface area contributed by atoms with Gasteiger partial charge in [-0.15, -0.1) is 0 Å². The lowest BCUT2D eigenvalue weighted by Crippen LogP contribution is -2.05. The van der Waals surface area contributed by atoms with Crippen molar-refractivity contribution in [3.63, 3.8) is 0 Å². The van der Waals surface area contributed by atoms with Crippen LogP contribution >= 0.6 is 11.6 Å². The smallest absolute Gasteiger partial charge is 0.368 e. The van der Waals surface area contributed by atoms with Crippen molar-refractivity contribution in [2.45, 2.75) is 6.18 Å². The number of nitrogen functional groups attached to an aromatic ring is 1. The monoisotopic (exact) mass is 327 g/mol. The van der Waals surface area contributed by atoms with Crippen molar-refractivity contribution in [2.75, 3.05) is 5.73 Å². The van der Waals surface area contributed by atoms with Crippen LogP contribution in [0.1, 0.15) is 5.56 Å². The van der Waals surface area contributed by atoms with E-state index in [0.29, 0.717) is 17.0 Å². The molecule has 0 amide bonds. The van der Waals surface area contributed by atoms with Crippen molar-refractivity contribution in [1.29, 1.82) is 0 Å². The van der Waals surface area contributed by atoms with Gasteiger partial charge in [0.05, 0.1) is 5.56 Å². The van der Waals surface area contributed by atoms with Gasteiger partial charge >= 0.3 is 6.18 Å². The Bertz CT molecular complexity index is 872. The summed E-state index contributed by atoms with van der Waals surface area (Å²) < 4.78 is 40.0. The highest BCUT2D eigenvalue weighted by Crippen LogP contribution is 2.33. The molecule has 2 N–H and O–H groups in total. The summed E-state index contributed by atoms with van der Waals surface area (Å²) in [5, 5.41) is 0.0522. The molecule has 0 saturated heterocycles. The van der Waals surface area contributed by atoms with E-state index in [2.05, 4.69) is 15.0 Å². The summed E-state index contributed by atoms with van der Waals surface area (Å²) in [5.41, 5.74) is 5.70. The Balaban J connectivity index is 2.23. The van der Waals surface area contributed by atoms with Gasteiger partial charge in [0.1, 0.15) is 11.3 Å². The summed E-state index contributed by atoms with van der Waals surface area (Å²) in [6, 6.07) is 4.86. The average Bonchev–Trinajstić information content (AvgIpc) is 2.76. The zero-order valence-corrected chi connectivity index (χ0v) is 11.9. The van der Waals surface area contributed by atoms with Crippen LogP contribution < -0.4 is 5.73 Å². The molecule has 2 heterocycles. The minimum absolute atomic E-state index is 0.0314. The van der Waals surface area contributed by atoms with Gasteiger partial charge in [0.25, 0.3) is 0 Å². The molecule has 114 valence electrons. The Morgan fingerprint density at radius 3 is 2.59 bits per heavy atom. The fourth-order valence-corrected chi connectivity index (χ4v) is 2.35. The maximum absolute atomic E-state index is 12.8. The van der Waals surface area contributed by atoms with Crippen molar-refractivity contribution >= 4 is 28.7 Å². The second kappa shape index (κ2) is 4.84. The molecule has 0 aliphatic heterocycles. The van der Waals surface area contributed by atoms with E-state index in [1.165, 1.54) is 16.7 Å². The third kappa shape index (κ3) is 2.35. The number of benzene rings is 1. The maximum atomic E-state index is 12.8. The quantitative estimate of drug-likeness (QED) is 0.696. The minimum atomic E-state index is -4.43. The normalized spacial score (nSPS) is 12.0. The Morgan fingerprint density at radius 2 is 1.91 bits per heavy atom. The largest absolute Gasteiger partial charge is 0.416 e. The number of nitrogens with zero attached hydrogens (tertiary/aromatic N) is 4. The summed E-state index contributed by atoms with van der Waals surface area (Å²) >= 11 is 5.95. The molecular weight excluding hydrogens is 319 g/mol. The van der Waals surface area contributed by atoms with Crippen LogP contribution in [0.2, 0.25) is 5.15 Å². The fourth-order valence-electron chi connectivity index (χ4n) is 2.14. The molecule has 3 aromatic rings. The lowest BCUT2D eigenvalue weighted by molar-refractivity contribution is -0.137. The fraction of sp³-hybridized carbons (Fsp3) is 0.154. The highest BCUT2D eigenvalue weighted by Gasteiger charge is 2.30. The van der Waals surface area contributed by atoms with E-state index >= 15 is 0 Å². The van der Waals surface area contributed by atoms with Crippen LogP contribution in [0.3, 0.4) is 0 Å². The molecule has 0 fully saturated rings. The standard InChI is InChI=1S/C13H9ClF3N5/c1-22-10(6-3-2-4-7(5-6)13(15,16)17)19-8-9(14)20-12(18)21-11(8)22/h2-5H,1H3,(H2,18,20,21). The number of fused-ring (bicyclic) bond motifs is 1. The van der Waals surface area contributed by atoms with Crippen LogP contribution in [0.4, 0.5) is 19.1 Å². The van der Waals surface area contributed by atoms with Gasteiger partial charge in [-0.3, -0.25) is 0 Å². The molecule has 0 bridgehead atoms. The first-order valence-corrected chi connectivity index (χ1v) is 6.48. The van der Waals surface area contributed by atoms with E-state index in [9.17, 15) is 13.2 Å². The van der Waals surface area contributed by atoms with Gasteiger partial charge in [-0.25, -0.2) is 4.98 Å². The molecule has 0 spiro atoms. The predicted octanol–water partition coefficient (Wildman–Crippen LogP) is 3.28. The molecule has 0 unspecified atom stereocenters. The van der Waals surface area contributed by atoms with E-state index in [4.69, 9.17) is 17.3 Å². The van der Waals surface area contributed by atoms with Crippen molar-refractivity contribution in [2.24, 2.45) is 7.05 Å². The Morgan fingerprint density at radius 1 is 1.18 bits per heavy atom. The number of halogens is 4. The summed E-state index contributed by atoms with van der Waals surface area (Å²) in [6.07, 6.45) is -4.43. The summed E-state index contributed by atoms with van der Waals surface area (Å²) in [5.74, 6) is 0.263. The Kier molecular flexibility index (Phi) is 3.21. The molecule has 9 heteroatoms. The van der Waals surface area contributed by atoms with Gasteiger partial charge in [0.15, 0.2) is 10.8 Å². The van der Waals surface area contributed by atoms with Gasteiger partial charge in [-0.2, -0.15) is 23.1 Å². The van der Waals surface area contributed by atoms with Crippen molar-refractivity contribution in [3.05, 3.63) is 35.0 Å². The van der Waals surface area contributed by atoms with E-state index in [1.807, 2.05) is 0 Å².